The van der Waals surface area contributed by atoms with Crippen molar-refractivity contribution in [1.29, 1.82) is 0 Å². The average Bonchev–Trinajstić information content (AvgIpc) is 2.68. The molecule has 0 bridgehead atoms. The van der Waals surface area contributed by atoms with Crippen LogP contribution >= 0.6 is 0 Å². The Balaban J connectivity index is 5.05. The molecule has 0 unspecified atom stereocenters. The van der Waals surface area contributed by atoms with Gasteiger partial charge in [-0.1, -0.05) is 13.5 Å². The summed E-state index contributed by atoms with van der Waals surface area (Å²) in [7, 11) is -8.98. The molecule has 0 saturated carbocycles. The van der Waals surface area contributed by atoms with Crippen LogP contribution in [0.4, 0.5) is 0 Å². The number of aliphatic hydroxyl groups is 2. The first kappa shape index (κ1) is 35.3. The number of hydrogen-bond donors (Lipinski definition) is 2. The van der Waals surface area contributed by atoms with Gasteiger partial charge in [-0.05, 0) is 71.8 Å². The maximum Gasteiger partial charge on any atom is 0.469 e. The lowest BCUT2D eigenvalue weighted by molar-refractivity contribution is -0.151. The van der Waals surface area contributed by atoms with Crippen LogP contribution in [0, 0.1) is 5.41 Å². The molecule has 0 aromatic carbocycles. The largest absolute Gasteiger partial charge is 0.469 e. The van der Waals surface area contributed by atoms with Crippen molar-refractivity contribution in [3.05, 3.63) is 12.2 Å². The Hall–Kier alpha value is -0.652. The van der Waals surface area contributed by atoms with E-state index in [1.54, 1.807) is 6.92 Å². The number of aliphatic hydroxyl groups excluding tert-OH is 2. The van der Waals surface area contributed by atoms with E-state index in [0.717, 1.165) is 0 Å². The van der Waals surface area contributed by atoms with Gasteiger partial charge in [-0.15, -0.1) is 0 Å². The lowest BCUT2D eigenvalue weighted by Gasteiger charge is -2.42. The summed E-state index contributed by atoms with van der Waals surface area (Å²) in [6.07, 6.45) is 0.608. The Morgan fingerprint density at radius 2 is 1.25 bits per heavy atom. The summed E-state index contributed by atoms with van der Waals surface area (Å²) in [6.45, 7) is 23.8. The standard InChI is InChI=1S/C23H50O9Si4/c1-12-23(17-24,18-25)19-29-21(26)16-20(2)22(27)28-14-13-15-36(30-33(3,4)5,31-34(6,7)8)32-35(9,10)11/h24-25H,2,12-19H2,1,3-11H3. The van der Waals surface area contributed by atoms with E-state index in [-0.39, 0.29) is 38.4 Å². The summed E-state index contributed by atoms with van der Waals surface area (Å²) in [6, 6.07) is 0.537. The van der Waals surface area contributed by atoms with Crippen LogP contribution in [-0.4, -0.2) is 82.3 Å². The Labute approximate surface area is 222 Å². The van der Waals surface area contributed by atoms with Crippen LogP contribution in [0.2, 0.25) is 65.0 Å². The minimum absolute atomic E-state index is 0.0198. The third-order valence-corrected chi connectivity index (χ3v) is 16.9. The summed E-state index contributed by atoms with van der Waals surface area (Å²) in [4.78, 5) is 24.5. The van der Waals surface area contributed by atoms with Crippen molar-refractivity contribution < 1.29 is 41.6 Å². The maximum absolute atomic E-state index is 12.4. The third-order valence-electron chi connectivity index (χ3n) is 4.85. The van der Waals surface area contributed by atoms with Crippen molar-refractivity contribution in [2.24, 2.45) is 5.41 Å². The summed E-state index contributed by atoms with van der Waals surface area (Å²) in [5.41, 5.74) is -0.921. The van der Waals surface area contributed by atoms with Crippen LogP contribution in [0.3, 0.4) is 0 Å². The van der Waals surface area contributed by atoms with Gasteiger partial charge in [0.2, 0.25) is 0 Å². The number of carbonyl (C=O) groups is 2. The molecule has 0 aliphatic rings. The van der Waals surface area contributed by atoms with Crippen molar-refractivity contribution in [2.45, 2.75) is 91.2 Å². The Bertz CT molecular complexity index is 672. The van der Waals surface area contributed by atoms with Crippen molar-refractivity contribution >= 4 is 45.7 Å². The van der Waals surface area contributed by atoms with E-state index in [1.807, 2.05) is 0 Å². The number of carbonyl (C=O) groups excluding carboxylic acids is 2. The van der Waals surface area contributed by atoms with Gasteiger partial charge in [0, 0.05) is 11.6 Å². The molecule has 0 heterocycles. The minimum atomic E-state index is -3.01. The molecular weight excluding hydrogens is 533 g/mol. The quantitative estimate of drug-likeness (QED) is 0.106. The summed E-state index contributed by atoms with van der Waals surface area (Å²) in [5.74, 6) is -1.34. The summed E-state index contributed by atoms with van der Waals surface area (Å²) >= 11 is 0. The Morgan fingerprint density at radius 1 is 0.806 bits per heavy atom. The van der Waals surface area contributed by atoms with Crippen molar-refractivity contribution in [3.63, 3.8) is 0 Å². The molecule has 0 fully saturated rings. The van der Waals surface area contributed by atoms with E-state index in [4.69, 9.17) is 21.8 Å². The van der Waals surface area contributed by atoms with Crippen LogP contribution in [-0.2, 0) is 31.4 Å². The first-order chi connectivity index (χ1) is 16.2. The van der Waals surface area contributed by atoms with Crippen molar-refractivity contribution in [1.82, 2.24) is 0 Å². The topological polar surface area (TPSA) is 121 Å². The third kappa shape index (κ3) is 14.9. The predicted octanol–water partition coefficient (Wildman–Crippen LogP) is 4.28. The molecule has 0 aromatic heterocycles. The van der Waals surface area contributed by atoms with E-state index in [1.165, 1.54) is 0 Å². The number of hydrogen-bond acceptors (Lipinski definition) is 9. The van der Waals surface area contributed by atoms with Crippen molar-refractivity contribution in [3.8, 4) is 0 Å². The monoisotopic (exact) mass is 582 g/mol. The zero-order valence-electron chi connectivity index (χ0n) is 24.1. The van der Waals surface area contributed by atoms with Crippen LogP contribution in [0.15, 0.2) is 12.2 Å². The van der Waals surface area contributed by atoms with Crippen LogP contribution in [0.5, 0.6) is 0 Å². The predicted molar refractivity (Wildman–Crippen MR) is 151 cm³/mol. The van der Waals surface area contributed by atoms with E-state index < -0.39 is 51.1 Å². The van der Waals surface area contributed by atoms with Gasteiger partial charge in [-0.2, -0.15) is 0 Å². The SMILES string of the molecule is C=C(CC(=O)OCC(CC)(CO)CO)C(=O)OCCC[Si](O[Si](C)(C)C)(O[Si](C)(C)C)O[Si](C)(C)C. The van der Waals surface area contributed by atoms with Gasteiger partial charge in [0.05, 0.1) is 31.7 Å². The molecule has 0 radical (unpaired) electrons. The van der Waals surface area contributed by atoms with Crippen molar-refractivity contribution in [2.75, 3.05) is 26.4 Å². The molecule has 36 heavy (non-hydrogen) atoms. The van der Waals surface area contributed by atoms with Gasteiger partial charge < -0.3 is 32.0 Å². The Kier molecular flexibility index (Phi) is 14.2. The maximum atomic E-state index is 12.4. The summed E-state index contributed by atoms with van der Waals surface area (Å²) < 4.78 is 30.4. The molecule has 0 aromatic rings. The molecule has 9 nitrogen and oxygen atoms in total. The van der Waals surface area contributed by atoms with Gasteiger partial charge in [0.25, 0.3) is 0 Å². The highest BCUT2D eigenvalue weighted by molar-refractivity contribution is 6.90. The van der Waals surface area contributed by atoms with Crippen LogP contribution < -0.4 is 0 Å². The van der Waals surface area contributed by atoms with Gasteiger partial charge in [0.1, 0.15) is 6.61 Å². The van der Waals surface area contributed by atoms with E-state index in [0.29, 0.717) is 18.9 Å². The Morgan fingerprint density at radius 3 is 1.61 bits per heavy atom. The smallest absolute Gasteiger partial charge is 0.465 e. The fourth-order valence-corrected chi connectivity index (χ4v) is 17.8. The van der Waals surface area contributed by atoms with E-state index in [9.17, 15) is 19.8 Å². The van der Waals surface area contributed by atoms with Crippen LogP contribution in [0.25, 0.3) is 0 Å². The van der Waals surface area contributed by atoms with Gasteiger partial charge in [0.15, 0.2) is 25.0 Å². The fourth-order valence-electron chi connectivity index (χ4n) is 3.17. The van der Waals surface area contributed by atoms with E-state index >= 15 is 0 Å². The molecule has 212 valence electrons. The molecule has 0 aliphatic carbocycles. The number of ether oxygens (including phenoxy) is 2. The molecule has 0 rings (SSSR count). The fraction of sp³-hybridized carbons (Fsp3) is 0.826. The molecule has 0 amide bonds. The minimum Gasteiger partial charge on any atom is -0.465 e. The second kappa shape index (κ2) is 14.5. The molecule has 0 spiro atoms. The second-order valence-corrected chi connectivity index (χ2v) is 29.2. The molecule has 0 atom stereocenters. The summed E-state index contributed by atoms with van der Waals surface area (Å²) in [5, 5.41) is 18.9. The number of rotatable bonds is 18. The molecular formula is C23H50O9Si4. The highest BCUT2D eigenvalue weighted by Crippen LogP contribution is 2.30. The highest BCUT2D eigenvalue weighted by Gasteiger charge is 2.49. The molecule has 13 heteroatoms. The van der Waals surface area contributed by atoms with Gasteiger partial charge in [-0.25, -0.2) is 4.79 Å². The number of esters is 2. The zero-order valence-corrected chi connectivity index (χ0v) is 28.1. The van der Waals surface area contributed by atoms with Crippen LogP contribution in [0.1, 0.15) is 26.2 Å². The zero-order chi connectivity index (χ0) is 28.4. The molecule has 2 N–H and O–H groups in total. The first-order valence-corrected chi connectivity index (χ1v) is 24.7. The normalized spacial score (nSPS) is 13.4. The molecule has 0 aliphatic heterocycles. The lowest BCUT2D eigenvalue weighted by atomic mass is 9.88. The van der Waals surface area contributed by atoms with Gasteiger partial charge >= 0.3 is 20.7 Å². The first-order valence-electron chi connectivity index (χ1n) is 12.5. The average molecular weight is 583 g/mol. The highest BCUT2D eigenvalue weighted by atomic mass is 28.5. The van der Waals surface area contributed by atoms with Gasteiger partial charge in [-0.3, -0.25) is 4.79 Å². The lowest BCUT2D eigenvalue weighted by Crippen LogP contribution is -2.60. The second-order valence-electron chi connectivity index (χ2n) is 12.2. The van der Waals surface area contributed by atoms with E-state index in [2.05, 4.69) is 65.5 Å². The molecule has 0 saturated heterocycles.